The van der Waals surface area contributed by atoms with Gasteiger partial charge in [0.2, 0.25) is 7.29 Å². The van der Waals surface area contributed by atoms with Crippen molar-refractivity contribution in [1.82, 2.24) is 0 Å². The molecular weight excluding hydrogens is 437 g/mol. The number of fused-ring (bicyclic) bond motifs is 6. The van der Waals surface area contributed by atoms with E-state index in [1.54, 1.807) is 0 Å². The first kappa shape index (κ1) is 19.4. The number of benzene rings is 5. The molecular formula is C30H20NO2P. The lowest BCUT2D eigenvalue weighted by atomic mass is 10.0. The van der Waals surface area contributed by atoms with E-state index in [4.69, 9.17) is 4.42 Å². The number of anilines is 2. The second-order valence-electron chi connectivity index (χ2n) is 8.54. The predicted octanol–water partition coefficient (Wildman–Crippen LogP) is 7.63. The molecule has 7 rings (SSSR count). The van der Waals surface area contributed by atoms with Gasteiger partial charge in [0.15, 0.2) is 0 Å². The maximum atomic E-state index is 15.4. The van der Waals surface area contributed by atoms with Crippen molar-refractivity contribution in [3.05, 3.63) is 121 Å². The van der Waals surface area contributed by atoms with Crippen molar-refractivity contribution in [3.63, 3.8) is 0 Å². The molecule has 0 N–H and O–H groups in total. The summed E-state index contributed by atoms with van der Waals surface area (Å²) in [4.78, 5) is 0. The van der Waals surface area contributed by atoms with Gasteiger partial charge in [0.05, 0.1) is 5.69 Å². The number of nitrogens with zero attached hydrogens (tertiary/aromatic N) is 1. The van der Waals surface area contributed by atoms with Gasteiger partial charge >= 0.3 is 0 Å². The molecule has 0 amide bonds. The Hall–Kier alpha value is -4.07. The fourth-order valence-electron chi connectivity index (χ4n) is 5.14. The zero-order chi connectivity index (χ0) is 22.7. The molecule has 0 bridgehead atoms. The van der Waals surface area contributed by atoms with E-state index in [2.05, 4.69) is 35.0 Å². The van der Waals surface area contributed by atoms with E-state index in [0.29, 0.717) is 0 Å². The van der Waals surface area contributed by atoms with Crippen molar-refractivity contribution in [2.45, 2.75) is 0 Å². The van der Waals surface area contributed by atoms with Crippen LogP contribution in [-0.2, 0) is 4.57 Å². The topological polar surface area (TPSA) is 33.5 Å². The van der Waals surface area contributed by atoms with Crippen LogP contribution in [0.1, 0.15) is 0 Å². The number of para-hydroxylation sites is 2. The number of hydrogen-bond donors (Lipinski definition) is 0. The van der Waals surface area contributed by atoms with Gasteiger partial charge in [-0.3, -0.25) is 9.24 Å². The highest BCUT2D eigenvalue weighted by Crippen LogP contribution is 2.61. The summed E-state index contributed by atoms with van der Waals surface area (Å²) in [5, 5.41) is 3.75. The Kier molecular flexibility index (Phi) is 4.12. The highest BCUT2D eigenvalue weighted by atomic mass is 31.2. The SMILES string of the molecule is O=P1(c2ccccc2)c2ccccc2-c2ccccc2N1c1ccc2oc3ccccc3c2c1. The molecule has 0 fully saturated rings. The van der Waals surface area contributed by atoms with E-state index in [9.17, 15) is 0 Å². The standard InChI is InChI=1S/C30H20NO2P/c32-34(22-10-2-1-3-11-22)30-17-9-6-14-25(30)23-12-4-7-15-27(23)31(34)21-18-19-29-26(20-21)24-13-5-8-16-28(24)33-29/h1-20H. The third-order valence-electron chi connectivity index (χ3n) is 6.65. The van der Waals surface area contributed by atoms with E-state index in [1.165, 1.54) is 0 Å². The molecule has 6 aromatic rings. The average molecular weight is 457 g/mol. The van der Waals surface area contributed by atoms with Crippen LogP contribution in [0, 0.1) is 0 Å². The van der Waals surface area contributed by atoms with E-state index in [1.807, 2.05) is 91.0 Å². The zero-order valence-corrected chi connectivity index (χ0v) is 19.2. The molecule has 3 nitrogen and oxygen atoms in total. The molecule has 2 heterocycles. The molecule has 5 aromatic carbocycles. The van der Waals surface area contributed by atoms with Crippen molar-refractivity contribution in [2.24, 2.45) is 0 Å². The molecule has 1 aliphatic heterocycles. The van der Waals surface area contributed by atoms with Gasteiger partial charge in [-0.15, -0.1) is 0 Å². The molecule has 1 atom stereocenters. The summed E-state index contributed by atoms with van der Waals surface area (Å²) in [6.45, 7) is 0. The van der Waals surface area contributed by atoms with Gasteiger partial charge in [0, 0.05) is 32.6 Å². The van der Waals surface area contributed by atoms with E-state index >= 15 is 4.57 Å². The fraction of sp³-hybridized carbons (Fsp3) is 0. The smallest absolute Gasteiger partial charge is 0.234 e. The van der Waals surface area contributed by atoms with Crippen LogP contribution in [0.5, 0.6) is 0 Å². The van der Waals surface area contributed by atoms with Crippen LogP contribution in [0.4, 0.5) is 11.4 Å². The molecule has 34 heavy (non-hydrogen) atoms. The summed E-state index contributed by atoms with van der Waals surface area (Å²) in [7, 11) is -3.24. The molecule has 1 aromatic heterocycles. The van der Waals surface area contributed by atoms with Crippen molar-refractivity contribution >= 4 is 51.2 Å². The highest BCUT2D eigenvalue weighted by molar-refractivity contribution is 7.80. The van der Waals surface area contributed by atoms with Gasteiger partial charge < -0.3 is 4.42 Å². The maximum absolute atomic E-state index is 15.4. The Morgan fingerprint density at radius 3 is 2.15 bits per heavy atom. The predicted molar refractivity (Wildman–Crippen MR) is 141 cm³/mol. The second-order valence-corrected chi connectivity index (χ2v) is 11.1. The van der Waals surface area contributed by atoms with E-state index in [-0.39, 0.29) is 0 Å². The van der Waals surface area contributed by atoms with Crippen LogP contribution in [0.3, 0.4) is 0 Å². The third kappa shape index (κ3) is 2.62. The van der Waals surface area contributed by atoms with Crippen LogP contribution in [0.2, 0.25) is 0 Å². The van der Waals surface area contributed by atoms with Gasteiger partial charge in [-0.25, -0.2) is 0 Å². The number of hydrogen-bond acceptors (Lipinski definition) is 2. The zero-order valence-electron chi connectivity index (χ0n) is 18.3. The monoisotopic (exact) mass is 457 g/mol. The quantitative estimate of drug-likeness (QED) is 0.251. The summed E-state index contributed by atoms with van der Waals surface area (Å²) < 4.78 is 23.5. The van der Waals surface area contributed by atoms with Crippen LogP contribution in [0.15, 0.2) is 126 Å². The number of rotatable bonds is 2. The first-order valence-corrected chi connectivity index (χ1v) is 13.0. The van der Waals surface area contributed by atoms with Gasteiger partial charge in [0.25, 0.3) is 0 Å². The van der Waals surface area contributed by atoms with Crippen molar-refractivity contribution < 1.29 is 8.98 Å². The second kappa shape index (κ2) is 7.21. The van der Waals surface area contributed by atoms with Crippen LogP contribution >= 0.6 is 7.29 Å². The minimum Gasteiger partial charge on any atom is -0.456 e. The lowest BCUT2D eigenvalue weighted by molar-refractivity contribution is 0.587. The molecule has 0 spiro atoms. The van der Waals surface area contributed by atoms with Gasteiger partial charge in [-0.1, -0.05) is 72.8 Å². The molecule has 0 radical (unpaired) electrons. The largest absolute Gasteiger partial charge is 0.456 e. The molecule has 1 unspecified atom stereocenters. The normalized spacial score (nSPS) is 17.0. The summed E-state index contributed by atoms with van der Waals surface area (Å²) in [6, 6.07) is 40.3. The van der Waals surface area contributed by atoms with Crippen molar-refractivity contribution in [3.8, 4) is 11.1 Å². The van der Waals surface area contributed by atoms with Crippen molar-refractivity contribution in [2.75, 3.05) is 4.67 Å². The molecule has 4 heteroatoms. The first-order chi connectivity index (χ1) is 16.7. The van der Waals surface area contributed by atoms with Crippen LogP contribution in [0.25, 0.3) is 33.1 Å². The molecule has 0 saturated heterocycles. The molecule has 1 aliphatic rings. The van der Waals surface area contributed by atoms with Crippen LogP contribution in [-0.4, -0.2) is 0 Å². The van der Waals surface area contributed by atoms with Crippen molar-refractivity contribution in [1.29, 1.82) is 0 Å². The highest BCUT2D eigenvalue weighted by Gasteiger charge is 2.42. The maximum Gasteiger partial charge on any atom is 0.234 e. The summed E-state index contributed by atoms with van der Waals surface area (Å²) in [6.07, 6.45) is 0. The van der Waals surface area contributed by atoms with Gasteiger partial charge in [0.1, 0.15) is 11.2 Å². The Labute approximate surface area is 197 Å². The Morgan fingerprint density at radius 2 is 1.26 bits per heavy atom. The molecule has 162 valence electrons. The minimum absolute atomic E-state index is 0.814. The fourth-order valence-corrected chi connectivity index (χ4v) is 8.18. The van der Waals surface area contributed by atoms with Crippen LogP contribution < -0.4 is 15.3 Å². The molecule has 0 aliphatic carbocycles. The first-order valence-electron chi connectivity index (χ1n) is 11.3. The Morgan fingerprint density at radius 1 is 0.588 bits per heavy atom. The third-order valence-corrected chi connectivity index (χ3v) is 9.70. The number of furan rings is 1. The van der Waals surface area contributed by atoms with E-state index in [0.717, 1.165) is 55.0 Å². The Balaban J connectivity index is 1.58. The summed E-state index contributed by atoms with van der Waals surface area (Å²) in [5.74, 6) is 0. The lowest BCUT2D eigenvalue weighted by Crippen LogP contribution is -2.33. The average Bonchev–Trinajstić information content (AvgIpc) is 3.27. The summed E-state index contributed by atoms with van der Waals surface area (Å²) in [5.41, 5.74) is 5.61. The lowest BCUT2D eigenvalue weighted by Gasteiger charge is -2.40. The van der Waals surface area contributed by atoms with Gasteiger partial charge in [-0.05, 0) is 54.1 Å². The molecule has 0 saturated carbocycles. The summed E-state index contributed by atoms with van der Waals surface area (Å²) >= 11 is 0. The Bertz CT molecular complexity index is 1750. The van der Waals surface area contributed by atoms with E-state index < -0.39 is 7.29 Å². The minimum atomic E-state index is -3.24. The van der Waals surface area contributed by atoms with Gasteiger partial charge in [-0.2, -0.15) is 0 Å².